The highest BCUT2D eigenvalue weighted by molar-refractivity contribution is 7.11. The van der Waals surface area contributed by atoms with Gasteiger partial charge in [-0.3, -0.25) is 10.1 Å². The van der Waals surface area contributed by atoms with Crippen molar-refractivity contribution in [2.45, 2.75) is 0 Å². The van der Waals surface area contributed by atoms with Crippen molar-refractivity contribution in [3.63, 3.8) is 0 Å². The second-order valence-corrected chi connectivity index (χ2v) is 7.16. The first-order valence-electron chi connectivity index (χ1n) is 8.81. The van der Waals surface area contributed by atoms with Gasteiger partial charge >= 0.3 is 0 Å². The normalized spacial score (nSPS) is 11.3. The summed E-state index contributed by atoms with van der Waals surface area (Å²) in [4.78, 5) is 15.0. The summed E-state index contributed by atoms with van der Waals surface area (Å²) in [7, 11) is 0. The number of hydrogen-bond donors (Lipinski definition) is 1. The van der Waals surface area contributed by atoms with E-state index < -0.39 is 16.4 Å². The molecular formula is C22H13FN4O2S. The highest BCUT2D eigenvalue weighted by Gasteiger charge is 2.15. The van der Waals surface area contributed by atoms with E-state index in [0.29, 0.717) is 5.01 Å². The molecule has 3 aromatic carbocycles. The van der Waals surface area contributed by atoms with Gasteiger partial charge in [-0.05, 0) is 22.9 Å². The zero-order valence-corrected chi connectivity index (χ0v) is 16.2. The molecule has 1 heterocycles. The Morgan fingerprint density at radius 2 is 2.00 bits per heavy atom. The molecule has 146 valence electrons. The van der Waals surface area contributed by atoms with Crippen LogP contribution in [0.25, 0.3) is 27.6 Å². The van der Waals surface area contributed by atoms with Crippen LogP contribution >= 0.6 is 11.3 Å². The van der Waals surface area contributed by atoms with Crippen LogP contribution in [0.2, 0.25) is 0 Å². The lowest BCUT2D eigenvalue weighted by atomic mass is 10.0. The van der Waals surface area contributed by atoms with Crippen molar-refractivity contribution >= 4 is 39.1 Å². The molecule has 6 nitrogen and oxygen atoms in total. The van der Waals surface area contributed by atoms with Crippen LogP contribution in [0.15, 0.2) is 72.2 Å². The fourth-order valence-electron chi connectivity index (χ4n) is 3.04. The molecule has 0 aliphatic heterocycles. The quantitative estimate of drug-likeness (QED) is 0.245. The van der Waals surface area contributed by atoms with E-state index in [1.54, 1.807) is 0 Å². The topological polar surface area (TPSA) is 91.8 Å². The molecule has 0 bridgehead atoms. The lowest BCUT2D eigenvalue weighted by Gasteiger charge is -2.04. The van der Waals surface area contributed by atoms with Crippen molar-refractivity contribution in [1.29, 1.82) is 5.26 Å². The van der Waals surface area contributed by atoms with E-state index >= 15 is 0 Å². The smallest absolute Gasteiger partial charge is 0.295 e. The van der Waals surface area contributed by atoms with Gasteiger partial charge in [-0.2, -0.15) is 5.26 Å². The van der Waals surface area contributed by atoms with Crippen molar-refractivity contribution in [3.8, 4) is 17.3 Å². The summed E-state index contributed by atoms with van der Waals surface area (Å²) in [6.45, 7) is 0. The Kier molecular flexibility index (Phi) is 5.20. The van der Waals surface area contributed by atoms with Crippen LogP contribution in [-0.2, 0) is 0 Å². The number of benzene rings is 3. The van der Waals surface area contributed by atoms with Crippen molar-refractivity contribution in [1.82, 2.24) is 4.98 Å². The first-order chi connectivity index (χ1) is 14.6. The number of thiazole rings is 1. The second-order valence-electron chi connectivity index (χ2n) is 6.30. The largest absolute Gasteiger partial charge is 0.355 e. The summed E-state index contributed by atoms with van der Waals surface area (Å²) >= 11 is 1.30. The zero-order chi connectivity index (χ0) is 21.1. The molecular weight excluding hydrogens is 403 g/mol. The Hall–Kier alpha value is -4.09. The van der Waals surface area contributed by atoms with Gasteiger partial charge in [0.1, 0.15) is 28.2 Å². The average molecular weight is 416 g/mol. The van der Waals surface area contributed by atoms with Gasteiger partial charge < -0.3 is 5.32 Å². The molecule has 0 saturated carbocycles. The monoisotopic (exact) mass is 416 g/mol. The molecule has 4 aromatic rings. The third kappa shape index (κ3) is 3.74. The van der Waals surface area contributed by atoms with Crippen LogP contribution in [-0.4, -0.2) is 9.91 Å². The lowest BCUT2D eigenvalue weighted by molar-refractivity contribution is -0.384. The van der Waals surface area contributed by atoms with Crippen LogP contribution in [0.3, 0.4) is 0 Å². The number of halogens is 1. The molecule has 0 unspecified atom stereocenters. The standard InChI is InChI=1S/C22H13FN4O2S/c23-16-8-9-19(21(10-16)27(28)29)25-12-15(11-24)22-26-20(13-30-22)18-7-3-5-14-4-1-2-6-17(14)18/h1-10,12-13,25H/b15-12+. The summed E-state index contributed by atoms with van der Waals surface area (Å²) in [6, 6.07) is 19.1. The molecule has 30 heavy (non-hydrogen) atoms. The molecule has 1 N–H and O–H groups in total. The number of rotatable bonds is 5. The molecule has 8 heteroatoms. The number of anilines is 1. The Labute approximate surface area is 174 Å². The van der Waals surface area contributed by atoms with Crippen LogP contribution in [0.5, 0.6) is 0 Å². The third-order valence-electron chi connectivity index (χ3n) is 4.45. The predicted molar refractivity (Wildman–Crippen MR) is 115 cm³/mol. The molecule has 0 fully saturated rings. The highest BCUT2D eigenvalue weighted by atomic mass is 32.1. The number of nitriles is 1. The van der Waals surface area contributed by atoms with Crippen molar-refractivity contribution < 1.29 is 9.31 Å². The average Bonchev–Trinajstić information content (AvgIpc) is 3.24. The SMILES string of the molecule is N#C/C(=C\Nc1ccc(F)cc1[N+](=O)[O-])c1nc(-c2cccc3ccccc23)cs1. The number of nitro benzene ring substituents is 1. The predicted octanol–water partition coefficient (Wildman–Crippen LogP) is 5.99. The molecule has 4 rings (SSSR count). The van der Waals surface area contributed by atoms with Gasteiger partial charge in [0, 0.05) is 17.1 Å². The van der Waals surface area contributed by atoms with E-state index in [1.165, 1.54) is 23.6 Å². The molecule has 0 aliphatic carbocycles. The Bertz CT molecular complexity index is 1340. The number of nitrogens with zero attached hydrogens (tertiary/aromatic N) is 3. The fourth-order valence-corrected chi connectivity index (χ4v) is 3.83. The number of nitro groups is 1. The van der Waals surface area contributed by atoms with Crippen LogP contribution in [0.1, 0.15) is 5.01 Å². The summed E-state index contributed by atoms with van der Waals surface area (Å²) in [5.74, 6) is -0.712. The third-order valence-corrected chi connectivity index (χ3v) is 5.32. The van der Waals surface area contributed by atoms with Crippen LogP contribution in [0.4, 0.5) is 15.8 Å². The van der Waals surface area contributed by atoms with Gasteiger partial charge in [-0.1, -0.05) is 42.5 Å². The first kappa shape index (κ1) is 19.2. The fraction of sp³-hybridized carbons (Fsp3) is 0. The number of fused-ring (bicyclic) bond motifs is 1. The minimum atomic E-state index is -0.712. The number of hydrogen-bond acceptors (Lipinski definition) is 6. The van der Waals surface area contributed by atoms with Crippen LogP contribution < -0.4 is 5.32 Å². The lowest BCUT2D eigenvalue weighted by Crippen LogP contribution is -1.97. The maximum absolute atomic E-state index is 13.3. The molecule has 0 amide bonds. The molecule has 0 aliphatic rings. The van der Waals surface area contributed by atoms with Gasteiger partial charge in [0.15, 0.2) is 0 Å². The number of nitrogens with one attached hydrogen (secondary N) is 1. The number of allylic oxidation sites excluding steroid dienone is 1. The van der Waals surface area contributed by atoms with Crippen molar-refractivity contribution in [2.75, 3.05) is 5.32 Å². The minimum absolute atomic E-state index is 0.0833. The van der Waals surface area contributed by atoms with Gasteiger partial charge in [0.25, 0.3) is 5.69 Å². The molecule has 0 radical (unpaired) electrons. The van der Waals surface area contributed by atoms with Crippen molar-refractivity contribution in [2.24, 2.45) is 0 Å². The first-order valence-corrected chi connectivity index (χ1v) is 9.69. The van der Waals surface area contributed by atoms with E-state index in [4.69, 9.17) is 0 Å². The summed E-state index contributed by atoms with van der Waals surface area (Å²) in [6.07, 6.45) is 1.34. The van der Waals surface area contributed by atoms with E-state index in [0.717, 1.165) is 34.2 Å². The van der Waals surface area contributed by atoms with Gasteiger partial charge in [-0.15, -0.1) is 11.3 Å². The van der Waals surface area contributed by atoms with Crippen LogP contribution in [0, 0.1) is 27.3 Å². The Morgan fingerprint density at radius 1 is 1.20 bits per heavy atom. The van der Waals surface area contributed by atoms with E-state index in [-0.39, 0.29) is 11.3 Å². The molecule has 0 saturated heterocycles. The van der Waals surface area contributed by atoms with Crippen molar-refractivity contribution in [3.05, 3.63) is 93.2 Å². The summed E-state index contributed by atoms with van der Waals surface area (Å²) < 4.78 is 13.3. The molecule has 0 atom stereocenters. The van der Waals surface area contributed by atoms with Gasteiger partial charge in [-0.25, -0.2) is 9.37 Å². The molecule has 1 aromatic heterocycles. The van der Waals surface area contributed by atoms with E-state index in [2.05, 4.69) is 16.4 Å². The zero-order valence-electron chi connectivity index (χ0n) is 15.4. The minimum Gasteiger partial charge on any atom is -0.355 e. The Balaban J connectivity index is 1.67. The second kappa shape index (κ2) is 8.11. The Morgan fingerprint density at radius 3 is 2.80 bits per heavy atom. The van der Waals surface area contributed by atoms with E-state index in [1.807, 2.05) is 47.8 Å². The maximum atomic E-state index is 13.3. The van der Waals surface area contributed by atoms with E-state index in [9.17, 15) is 19.8 Å². The van der Waals surface area contributed by atoms with Gasteiger partial charge in [0.05, 0.1) is 16.7 Å². The summed E-state index contributed by atoms with van der Waals surface area (Å²) in [5, 5.41) is 27.9. The van der Waals surface area contributed by atoms with Gasteiger partial charge in [0.2, 0.25) is 0 Å². The number of aromatic nitrogens is 1. The maximum Gasteiger partial charge on any atom is 0.295 e. The highest BCUT2D eigenvalue weighted by Crippen LogP contribution is 2.32. The summed E-state index contributed by atoms with van der Waals surface area (Å²) in [5.41, 5.74) is 1.57. The molecule has 0 spiro atoms.